The molecule has 1 aromatic carbocycles. The second kappa shape index (κ2) is 5.59. The van der Waals surface area contributed by atoms with Crippen molar-refractivity contribution in [1.82, 2.24) is 10.2 Å². The highest BCUT2D eigenvalue weighted by Gasteiger charge is 2.20. The van der Waals surface area contributed by atoms with Gasteiger partial charge in [-0.15, -0.1) is 0 Å². The van der Waals surface area contributed by atoms with Crippen LogP contribution in [-0.2, 0) is 16.1 Å². The Balaban J connectivity index is 2.12. The van der Waals surface area contributed by atoms with E-state index < -0.39 is 0 Å². The summed E-state index contributed by atoms with van der Waals surface area (Å²) in [6.45, 7) is 0.845. The third-order valence-electron chi connectivity index (χ3n) is 2.77. The molecule has 1 aromatic rings. The zero-order valence-electron chi connectivity index (χ0n) is 9.58. The number of benzene rings is 1. The second-order valence-electron chi connectivity index (χ2n) is 4.08. The first kappa shape index (κ1) is 13.2. The molecular weight excluding hydrogens is 275 g/mol. The van der Waals surface area contributed by atoms with Gasteiger partial charge in [0.05, 0.1) is 6.54 Å². The van der Waals surface area contributed by atoms with Crippen molar-refractivity contribution in [3.05, 3.63) is 33.8 Å². The van der Waals surface area contributed by atoms with Gasteiger partial charge in [0, 0.05) is 29.6 Å². The number of hydrogen-bond acceptors (Lipinski definition) is 2. The molecule has 1 heterocycles. The molecule has 2 amide bonds. The summed E-state index contributed by atoms with van der Waals surface area (Å²) in [5.74, 6) is -0.208. The minimum absolute atomic E-state index is 0.0457. The Bertz CT molecular complexity index is 491. The van der Waals surface area contributed by atoms with E-state index in [1.165, 1.54) is 0 Å². The highest BCUT2D eigenvalue weighted by atomic mass is 35.5. The van der Waals surface area contributed by atoms with Crippen molar-refractivity contribution in [3.8, 4) is 0 Å². The van der Waals surface area contributed by atoms with Crippen LogP contribution >= 0.6 is 23.2 Å². The average Bonchev–Trinajstić information content (AvgIpc) is 2.47. The molecule has 1 N–H and O–H groups in total. The van der Waals surface area contributed by atoms with E-state index >= 15 is 0 Å². The first-order valence-corrected chi connectivity index (χ1v) is 6.30. The van der Waals surface area contributed by atoms with Crippen LogP contribution in [0.5, 0.6) is 0 Å². The molecule has 1 saturated heterocycles. The first-order valence-electron chi connectivity index (χ1n) is 5.54. The Morgan fingerprint density at radius 3 is 2.78 bits per heavy atom. The molecule has 0 saturated carbocycles. The predicted octanol–water partition coefficient (Wildman–Crippen LogP) is 1.84. The molecule has 96 valence electrons. The number of hydrogen-bond donors (Lipinski definition) is 1. The summed E-state index contributed by atoms with van der Waals surface area (Å²) in [4.78, 5) is 24.6. The molecule has 0 aromatic heterocycles. The van der Waals surface area contributed by atoms with E-state index in [2.05, 4.69) is 5.32 Å². The van der Waals surface area contributed by atoms with Gasteiger partial charge in [-0.05, 0) is 17.7 Å². The Morgan fingerprint density at radius 2 is 2.06 bits per heavy atom. The fourth-order valence-electron chi connectivity index (χ4n) is 1.76. The summed E-state index contributed by atoms with van der Waals surface area (Å²) < 4.78 is 0. The summed E-state index contributed by atoms with van der Waals surface area (Å²) in [7, 11) is 0. The number of carbonyl (C=O) groups excluding carboxylic acids is 2. The Hall–Kier alpha value is -1.26. The molecular formula is C12H12Cl2N2O2. The summed E-state index contributed by atoms with van der Waals surface area (Å²) in [6.07, 6.45) is 0.316. The monoisotopic (exact) mass is 286 g/mol. The third-order valence-corrected chi connectivity index (χ3v) is 3.36. The lowest BCUT2D eigenvalue weighted by Crippen LogP contribution is -2.34. The molecule has 18 heavy (non-hydrogen) atoms. The van der Waals surface area contributed by atoms with Crippen LogP contribution in [0.4, 0.5) is 0 Å². The quantitative estimate of drug-likeness (QED) is 0.902. The number of halogens is 2. The van der Waals surface area contributed by atoms with Crippen molar-refractivity contribution in [1.29, 1.82) is 0 Å². The molecule has 0 aliphatic carbocycles. The third kappa shape index (κ3) is 3.15. The van der Waals surface area contributed by atoms with E-state index in [1.807, 2.05) is 0 Å². The topological polar surface area (TPSA) is 49.4 Å². The average molecular weight is 287 g/mol. The Morgan fingerprint density at radius 1 is 1.28 bits per heavy atom. The number of carbonyl (C=O) groups is 2. The van der Waals surface area contributed by atoms with E-state index in [4.69, 9.17) is 23.2 Å². The van der Waals surface area contributed by atoms with E-state index in [0.717, 1.165) is 5.56 Å². The molecule has 4 nitrogen and oxygen atoms in total. The van der Waals surface area contributed by atoms with Gasteiger partial charge in [-0.1, -0.05) is 29.3 Å². The largest absolute Gasteiger partial charge is 0.347 e. The smallest absolute Gasteiger partial charge is 0.242 e. The van der Waals surface area contributed by atoms with Crippen LogP contribution in [0.2, 0.25) is 10.0 Å². The molecule has 0 bridgehead atoms. The zero-order chi connectivity index (χ0) is 13.1. The molecule has 0 atom stereocenters. The molecule has 1 aliphatic heterocycles. The van der Waals surface area contributed by atoms with Crippen molar-refractivity contribution in [2.24, 2.45) is 0 Å². The van der Waals surface area contributed by atoms with Crippen molar-refractivity contribution in [2.75, 3.05) is 13.1 Å². The highest BCUT2D eigenvalue weighted by Crippen LogP contribution is 2.22. The first-order chi connectivity index (χ1) is 8.56. The Kier molecular flexibility index (Phi) is 4.09. The van der Waals surface area contributed by atoms with Gasteiger partial charge in [-0.25, -0.2) is 0 Å². The van der Waals surface area contributed by atoms with Crippen molar-refractivity contribution < 1.29 is 9.59 Å². The summed E-state index contributed by atoms with van der Waals surface area (Å²) >= 11 is 11.9. The van der Waals surface area contributed by atoms with Crippen LogP contribution in [0.3, 0.4) is 0 Å². The molecule has 0 radical (unpaired) electrons. The summed E-state index contributed by atoms with van der Waals surface area (Å²) in [6, 6.07) is 5.16. The van der Waals surface area contributed by atoms with Crippen molar-refractivity contribution in [3.63, 3.8) is 0 Å². The molecule has 0 unspecified atom stereocenters. The fourth-order valence-corrected chi connectivity index (χ4v) is 2.23. The van der Waals surface area contributed by atoms with Crippen molar-refractivity contribution >= 4 is 35.0 Å². The van der Waals surface area contributed by atoms with Crippen LogP contribution in [0.15, 0.2) is 18.2 Å². The lowest BCUT2D eigenvalue weighted by Gasteiger charge is -2.20. The summed E-state index contributed by atoms with van der Waals surface area (Å²) in [5.41, 5.74) is 0.823. The lowest BCUT2D eigenvalue weighted by molar-refractivity contribution is -0.130. The highest BCUT2D eigenvalue weighted by molar-refractivity contribution is 6.35. The van der Waals surface area contributed by atoms with E-state index in [1.54, 1.807) is 23.1 Å². The minimum Gasteiger partial charge on any atom is -0.347 e. The molecule has 6 heteroatoms. The molecule has 1 aliphatic rings. The summed E-state index contributed by atoms with van der Waals surface area (Å²) in [5, 5.41) is 3.63. The standard InChI is InChI=1S/C12H12Cl2N2O2/c13-9-2-1-8(10(14)5-9)7-16-4-3-11(17)15-6-12(16)18/h1-2,5H,3-4,6-7H2,(H,15,17). The fraction of sp³-hybridized carbons (Fsp3) is 0.333. The van der Waals surface area contributed by atoms with Crippen LogP contribution in [0, 0.1) is 0 Å². The second-order valence-corrected chi connectivity index (χ2v) is 4.92. The van der Waals surface area contributed by atoms with Gasteiger partial charge in [-0.2, -0.15) is 0 Å². The van der Waals surface area contributed by atoms with E-state index in [-0.39, 0.29) is 18.4 Å². The van der Waals surface area contributed by atoms with Crippen LogP contribution in [0.25, 0.3) is 0 Å². The SMILES string of the molecule is O=C1CCN(Cc2ccc(Cl)cc2Cl)C(=O)CN1. The molecule has 1 fully saturated rings. The lowest BCUT2D eigenvalue weighted by atomic mass is 10.2. The minimum atomic E-state index is -0.105. The van der Waals surface area contributed by atoms with Gasteiger partial charge in [0.1, 0.15) is 0 Å². The maximum atomic E-state index is 11.8. The maximum Gasteiger partial charge on any atom is 0.242 e. The molecule has 0 spiro atoms. The zero-order valence-corrected chi connectivity index (χ0v) is 11.1. The van der Waals surface area contributed by atoms with E-state index in [9.17, 15) is 9.59 Å². The van der Waals surface area contributed by atoms with Crippen LogP contribution < -0.4 is 5.32 Å². The Labute approximate surface area is 115 Å². The number of rotatable bonds is 2. The van der Waals surface area contributed by atoms with Crippen molar-refractivity contribution in [2.45, 2.75) is 13.0 Å². The van der Waals surface area contributed by atoms with Gasteiger partial charge in [0.25, 0.3) is 0 Å². The van der Waals surface area contributed by atoms with Gasteiger partial charge in [0.15, 0.2) is 0 Å². The maximum absolute atomic E-state index is 11.8. The van der Waals surface area contributed by atoms with Crippen LogP contribution in [0.1, 0.15) is 12.0 Å². The number of nitrogens with zero attached hydrogens (tertiary/aromatic N) is 1. The van der Waals surface area contributed by atoms with Gasteiger partial charge >= 0.3 is 0 Å². The molecule has 2 rings (SSSR count). The van der Waals surface area contributed by atoms with Gasteiger partial charge < -0.3 is 10.2 Å². The number of nitrogens with one attached hydrogen (secondary N) is 1. The number of amides is 2. The van der Waals surface area contributed by atoms with Gasteiger partial charge in [0.2, 0.25) is 11.8 Å². The van der Waals surface area contributed by atoms with Gasteiger partial charge in [-0.3, -0.25) is 9.59 Å². The van der Waals surface area contributed by atoms with Crippen LogP contribution in [-0.4, -0.2) is 29.8 Å². The van der Waals surface area contributed by atoms with E-state index in [0.29, 0.717) is 29.6 Å². The normalized spacial score (nSPS) is 16.4. The predicted molar refractivity (Wildman–Crippen MR) is 69.5 cm³/mol.